The van der Waals surface area contributed by atoms with Crippen molar-refractivity contribution >= 4 is 22.9 Å². The molecule has 0 fully saturated rings. The summed E-state index contributed by atoms with van der Waals surface area (Å²) in [4.78, 5) is 27.9. The van der Waals surface area contributed by atoms with E-state index >= 15 is 0 Å². The number of amides is 2. The first-order chi connectivity index (χ1) is 16.2. The molecule has 5 rings (SSSR count). The average Bonchev–Trinajstić information content (AvgIpc) is 3.28. The fourth-order valence-electron chi connectivity index (χ4n) is 4.25. The maximum Gasteiger partial charge on any atom is 0.408 e. The molecule has 166 valence electrons. The lowest BCUT2D eigenvalue weighted by atomic mass is 9.99. The van der Waals surface area contributed by atoms with Crippen LogP contribution in [0, 0.1) is 0 Å². The Kier molecular flexibility index (Phi) is 5.76. The van der Waals surface area contributed by atoms with Gasteiger partial charge in [-0.05, 0) is 28.3 Å². The monoisotopic (exact) mass is 440 g/mol. The number of hydrogen-bond donors (Lipinski definition) is 2. The van der Waals surface area contributed by atoms with Crippen molar-refractivity contribution in [2.45, 2.75) is 32.2 Å². The molecule has 1 atom stereocenters. The molecule has 2 amide bonds. The molecule has 7 nitrogen and oxygen atoms in total. The van der Waals surface area contributed by atoms with Gasteiger partial charge in [0.05, 0.1) is 11.7 Å². The van der Waals surface area contributed by atoms with Gasteiger partial charge in [0.2, 0.25) is 5.91 Å². The van der Waals surface area contributed by atoms with E-state index in [1.165, 1.54) is 0 Å². The van der Waals surface area contributed by atoms with E-state index in [0.29, 0.717) is 19.5 Å². The van der Waals surface area contributed by atoms with Gasteiger partial charge in [0.1, 0.15) is 12.6 Å². The molecule has 0 saturated carbocycles. The molecule has 0 aliphatic carbocycles. The molecule has 0 saturated heterocycles. The van der Waals surface area contributed by atoms with Gasteiger partial charge in [0.25, 0.3) is 0 Å². The Bertz CT molecular complexity index is 1270. The number of nitrogens with one attached hydrogen (secondary N) is 2. The van der Waals surface area contributed by atoms with E-state index in [2.05, 4.69) is 15.5 Å². The lowest BCUT2D eigenvalue weighted by molar-refractivity contribution is -0.134. The molecule has 2 N–H and O–H groups in total. The molecule has 4 aromatic rings. The third-order valence-electron chi connectivity index (χ3n) is 5.94. The van der Waals surface area contributed by atoms with E-state index in [1.807, 2.05) is 72.8 Å². The number of hydrogen-bond acceptors (Lipinski definition) is 4. The summed E-state index contributed by atoms with van der Waals surface area (Å²) in [5.74, 6) is -0.136. The van der Waals surface area contributed by atoms with Crippen LogP contribution in [0.3, 0.4) is 0 Å². The van der Waals surface area contributed by atoms with Gasteiger partial charge in [0.15, 0.2) is 0 Å². The summed E-state index contributed by atoms with van der Waals surface area (Å²) in [7, 11) is 0. The number of aromatic nitrogens is 2. The van der Waals surface area contributed by atoms with Gasteiger partial charge in [-0.2, -0.15) is 5.10 Å². The molecular formula is C26H24N4O3. The predicted molar refractivity (Wildman–Crippen MR) is 124 cm³/mol. The highest BCUT2D eigenvalue weighted by molar-refractivity contribution is 5.89. The number of carbonyl (C=O) groups is 2. The molecule has 2 heterocycles. The SMILES string of the molecule is O=C(N[C@@H]1Cc2ccc3[nH]ncc3c2CN(Cc2ccccc2)C1=O)OCc1ccccc1. The van der Waals surface area contributed by atoms with Crippen LogP contribution in [0.25, 0.3) is 10.9 Å². The highest BCUT2D eigenvalue weighted by atomic mass is 16.5. The van der Waals surface area contributed by atoms with Gasteiger partial charge in [-0.3, -0.25) is 9.89 Å². The van der Waals surface area contributed by atoms with Crippen LogP contribution < -0.4 is 5.32 Å². The van der Waals surface area contributed by atoms with E-state index in [-0.39, 0.29) is 12.5 Å². The van der Waals surface area contributed by atoms with E-state index in [0.717, 1.165) is 33.2 Å². The minimum absolute atomic E-state index is 0.136. The minimum Gasteiger partial charge on any atom is -0.445 e. The summed E-state index contributed by atoms with van der Waals surface area (Å²) in [6.07, 6.45) is 1.58. The molecule has 1 aliphatic heterocycles. The molecule has 1 aliphatic rings. The van der Waals surface area contributed by atoms with Crippen LogP contribution in [0.1, 0.15) is 22.3 Å². The first-order valence-electron chi connectivity index (χ1n) is 10.9. The summed E-state index contributed by atoms with van der Waals surface area (Å²) in [5.41, 5.74) is 4.90. The van der Waals surface area contributed by atoms with Gasteiger partial charge >= 0.3 is 6.09 Å². The maximum absolute atomic E-state index is 13.5. The van der Waals surface area contributed by atoms with E-state index in [4.69, 9.17) is 4.74 Å². The second kappa shape index (κ2) is 9.16. The third-order valence-corrected chi connectivity index (χ3v) is 5.94. The molecule has 0 spiro atoms. The van der Waals surface area contributed by atoms with E-state index < -0.39 is 12.1 Å². The van der Waals surface area contributed by atoms with Crippen molar-refractivity contribution in [1.82, 2.24) is 20.4 Å². The smallest absolute Gasteiger partial charge is 0.408 e. The number of fused-ring (bicyclic) bond motifs is 3. The second-order valence-corrected chi connectivity index (χ2v) is 8.18. The lowest BCUT2D eigenvalue weighted by Crippen LogP contribution is -2.48. The summed E-state index contributed by atoms with van der Waals surface area (Å²) >= 11 is 0. The molecule has 0 unspecified atom stereocenters. The largest absolute Gasteiger partial charge is 0.445 e. The average molecular weight is 441 g/mol. The Labute approximate surface area is 191 Å². The highest BCUT2D eigenvalue weighted by Gasteiger charge is 2.32. The van der Waals surface area contributed by atoms with Crippen molar-refractivity contribution in [2.24, 2.45) is 0 Å². The number of carbonyl (C=O) groups excluding carboxylic acids is 2. The fourth-order valence-corrected chi connectivity index (χ4v) is 4.25. The third kappa shape index (κ3) is 4.57. The Morgan fingerprint density at radius 2 is 1.76 bits per heavy atom. The molecule has 33 heavy (non-hydrogen) atoms. The topological polar surface area (TPSA) is 87.3 Å². The number of benzene rings is 3. The summed E-state index contributed by atoms with van der Waals surface area (Å²) in [6.45, 7) is 1.04. The molecular weight excluding hydrogens is 416 g/mol. The highest BCUT2D eigenvalue weighted by Crippen LogP contribution is 2.28. The quantitative estimate of drug-likeness (QED) is 0.492. The molecule has 0 radical (unpaired) electrons. The van der Waals surface area contributed by atoms with Crippen LogP contribution in [-0.4, -0.2) is 33.1 Å². The van der Waals surface area contributed by atoms with Crippen molar-refractivity contribution in [2.75, 3.05) is 0 Å². The first kappa shape index (κ1) is 20.8. The number of alkyl carbamates (subject to hydrolysis) is 1. The Morgan fingerprint density at radius 3 is 2.52 bits per heavy atom. The van der Waals surface area contributed by atoms with Crippen LogP contribution >= 0.6 is 0 Å². The van der Waals surface area contributed by atoms with Crippen LogP contribution in [-0.2, 0) is 35.6 Å². The summed E-state index contributed by atoms with van der Waals surface area (Å²) in [5, 5.41) is 11.0. The van der Waals surface area contributed by atoms with Crippen molar-refractivity contribution in [3.8, 4) is 0 Å². The van der Waals surface area contributed by atoms with Gasteiger partial charge in [0, 0.05) is 24.9 Å². The maximum atomic E-state index is 13.5. The molecule has 1 aromatic heterocycles. The van der Waals surface area contributed by atoms with Crippen molar-refractivity contribution in [3.63, 3.8) is 0 Å². The Hall–Kier alpha value is -4.13. The van der Waals surface area contributed by atoms with Crippen molar-refractivity contribution < 1.29 is 14.3 Å². The molecule has 7 heteroatoms. The summed E-state index contributed by atoms with van der Waals surface area (Å²) < 4.78 is 5.38. The van der Waals surface area contributed by atoms with Crippen LogP contribution in [0.5, 0.6) is 0 Å². The first-order valence-corrected chi connectivity index (χ1v) is 10.9. The normalized spacial score (nSPS) is 15.7. The standard InChI is InChI=1S/C26H24N4O3/c31-25-24(28-26(32)33-17-19-9-5-2-6-10-19)13-20-11-12-23-21(14-27-29-23)22(20)16-30(25)15-18-7-3-1-4-8-18/h1-12,14,24H,13,15-17H2,(H,27,29)(H,28,32)/t24-/m1/s1. The van der Waals surface area contributed by atoms with Crippen molar-refractivity contribution in [1.29, 1.82) is 0 Å². The lowest BCUT2D eigenvalue weighted by Gasteiger charge is -2.25. The predicted octanol–water partition coefficient (Wildman–Crippen LogP) is 3.94. The number of nitrogens with zero attached hydrogens (tertiary/aromatic N) is 2. The van der Waals surface area contributed by atoms with E-state index in [9.17, 15) is 9.59 Å². The molecule has 3 aromatic carbocycles. The zero-order valence-corrected chi connectivity index (χ0v) is 18.0. The van der Waals surface area contributed by atoms with Gasteiger partial charge in [-0.15, -0.1) is 0 Å². The fraction of sp³-hybridized carbons (Fsp3) is 0.192. The number of ether oxygens (including phenoxy) is 1. The van der Waals surface area contributed by atoms with Crippen LogP contribution in [0.15, 0.2) is 79.0 Å². The van der Waals surface area contributed by atoms with Gasteiger partial charge in [-0.1, -0.05) is 66.7 Å². The zero-order valence-electron chi connectivity index (χ0n) is 18.0. The number of H-pyrrole nitrogens is 1. The zero-order chi connectivity index (χ0) is 22.6. The van der Waals surface area contributed by atoms with Crippen LogP contribution in [0.4, 0.5) is 4.79 Å². The van der Waals surface area contributed by atoms with Gasteiger partial charge < -0.3 is 15.0 Å². The number of rotatable bonds is 5. The molecule has 0 bridgehead atoms. The van der Waals surface area contributed by atoms with E-state index in [1.54, 1.807) is 11.1 Å². The van der Waals surface area contributed by atoms with Gasteiger partial charge in [-0.25, -0.2) is 4.79 Å². The minimum atomic E-state index is -0.720. The van der Waals surface area contributed by atoms with Crippen molar-refractivity contribution in [3.05, 3.63) is 101 Å². The van der Waals surface area contributed by atoms with Crippen LogP contribution in [0.2, 0.25) is 0 Å². The Morgan fingerprint density at radius 1 is 1.03 bits per heavy atom. The second-order valence-electron chi connectivity index (χ2n) is 8.18. The number of aromatic amines is 1. The summed E-state index contributed by atoms with van der Waals surface area (Å²) in [6, 6.07) is 22.5. The Balaban J connectivity index is 1.40.